The summed E-state index contributed by atoms with van der Waals surface area (Å²) >= 11 is 0. The van der Waals surface area contributed by atoms with Crippen molar-refractivity contribution in [2.75, 3.05) is 32.7 Å². The van der Waals surface area contributed by atoms with Crippen molar-refractivity contribution < 1.29 is 9.59 Å². The molecule has 3 atom stereocenters. The van der Waals surface area contributed by atoms with Crippen molar-refractivity contribution in [3.63, 3.8) is 0 Å². The van der Waals surface area contributed by atoms with E-state index in [1.165, 1.54) is 37.1 Å². The maximum atomic E-state index is 12.3. The molecule has 3 aliphatic heterocycles. The summed E-state index contributed by atoms with van der Waals surface area (Å²) in [4.78, 5) is 26.5. The highest BCUT2D eigenvalue weighted by Crippen LogP contribution is 2.30. The second-order valence-electron chi connectivity index (χ2n) is 8.85. The van der Waals surface area contributed by atoms with Gasteiger partial charge in [0.05, 0.1) is 11.2 Å². The van der Waals surface area contributed by atoms with E-state index in [9.17, 15) is 9.59 Å². The lowest BCUT2D eigenvalue weighted by molar-refractivity contribution is -0.135. The van der Waals surface area contributed by atoms with Crippen molar-refractivity contribution >= 4 is 22.7 Å². The highest BCUT2D eigenvalue weighted by Gasteiger charge is 2.35. The topological polar surface area (TPSA) is 79.3 Å². The molecular weight excluding hydrogens is 366 g/mol. The lowest BCUT2D eigenvalue weighted by Gasteiger charge is -2.21. The number of carbonyl (C=O) groups is 2. The molecule has 0 radical (unpaired) electrons. The molecule has 0 aliphatic carbocycles. The number of amides is 2. The van der Waals surface area contributed by atoms with E-state index in [0.717, 1.165) is 42.4 Å². The van der Waals surface area contributed by atoms with Gasteiger partial charge in [-0.1, -0.05) is 12.1 Å². The summed E-state index contributed by atoms with van der Waals surface area (Å²) in [7, 11) is 0. The molecule has 3 aliphatic rings. The molecule has 0 bridgehead atoms. The molecule has 1 aromatic heterocycles. The number of hydrogen-bond donors (Lipinski definition) is 2. The third-order valence-corrected chi connectivity index (χ3v) is 6.89. The number of aryl methyl sites for hydroxylation is 2. The van der Waals surface area contributed by atoms with Gasteiger partial charge in [0.2, 0.25) is 5.91 Å². The predicted octanol–water partition coefficient (Wildman–Crippen LogP) is 1.41. The molecule has 3 saturated heterocycles. The largest absolute Gasteiger partial charge is 0.316 e. The van der Waals surface area contributed by atoms with Crippen LogP contribution in [0.1, 0.15) is 36.6 Å². The summed E-state index contributed by atoms with van der Waals surface area (Å²) < 4.78 is 1.82. The van der Waals surface area contributed by atoms with Gasteiger partial charge in [-0.05, 0) is 69.3 Å². The summed E-state index contributed by atoms with van der Waals surface area (Å²) in [6, 6.07) is 5.88. The SMILES string of the molecule is Cc1nn(C2CCC(=O)NC2=O)c2cccc(CCCN3CC4CNCC4C3)c12. The zero-order valence-corrected chi connectivity index (χ0v) is 17.0. The Morgan fingerprint density at radius 2 is 1.97 bits per heavy atom. The first kappa shape index (κ1) is 18.8. The second kappa shape index (κ2) is 7.54. The standard InChI is InChI=1S/C22H29N5O2/c1-14-21-15(5-3-9-26-12-16-10-23-11-17(16)13-26)4-2-6-18(21)27(25-14)19-7-8-20(28)24-22(19)29/h2,4,6,16-17,19,23H,3,5,7-13H2,1H3,(H,24,28,29). The zero-order chi connectivity index (χ0) is 20.0. The van der Waals surface area contributed by atoms with Crippen LogP contribution in [-0.4, -0.2) is 59.2 Å². The Balaban J connectivity index is 1.31. The van der Waals surface area contributed by atoms with Gasteiger partial charge < -0.3 is 10.2 Å². The van der Waals surface area contributed by atoms with E-state index in [2.05, 4.69) is 27.7 Å². The lowest BCUT2D eigenvalue weighted by Crippen LogP contribution is -2.42. The molecule has 5 rings (SSSR count). The van der Waals surface area contributed by atoms with Crippen molar-refractivity contribution in [3.8, 4) is 0 Å². The first-order chi connectivity index (χ1) is 14.1. The van der Waals surface area contributed by atoms with Gasteiger partial charge >= 0.3 is 0 Å². The zero-order valence-electron chi connectivity index (χ0n) is 17.0. The predicted molar refractivity (Wildman–Crippen MR) is 111 cm³/mol. The summed E-state index contributed by atoms with van der Waals surface area (Å²) in [6.45, 7) is 7.98. The summed E-state index contributed by atoms with van der Waals surface area (Å²) in [5.41, 5.74) is 3.26. The normalized spacial score (nSPS) is 27.6. The van der Waals surface area contributed by atoms with Gasteiger partial charge in [-0.2, -0.15) is 5.10 Å². The van der Waals surface area contributed by atoms with E-state index >= 15 is 0 Å². The molecule has 2 N–H and O–H groups in total. The average molecular weight is 396 g/mol. The van der Waals surface area contributed by atoms with Gasteiger partial charge in [0.1, 0.15) is 6.04 Å². The minimum absolute atomic E-state index is 0.193. The van der Waals surface area contributed by atoms with E-state index in [-0.39, 0.29) is 11.8 Å². The maximum absolute atomic E-state index is 12.3. The molecule has 7 nitrogen and oxygen atoms in total. The van der Waals surface area contributed by atoms with Crippen LogP contribution in [0.3, 0.4) is 0 Å². The summed E-state index contributed by atoms with van der Waals surface area (Å²) in [5.74, 6) is 1.24. The third-order valence-electron chi connectivity index (χ3n) is 6.89. The van der Waals surface area contributed by atoms with Crippen LogP contribution in [0.4, 0.5) is 0 Å². The smallest absolute Gasteiger partial charge is 0.251 e. The van der Waals surface area contributed by atoms with Crippen molar-refractivity contribution in [1.29, 1.82) is 0 Å². The van der Waals surface area contributed by atoms with Gasteiger partial charge in [-0.15, -0.1) is 0 Å². The lowest BCUT2D eigenvalue weighted by atomic mass is 10.0. The van der Waals surface area contributed by atoms with Crippen molar-refractivity contribution in [2.24, 2.45) is 11.8 Å². The molecule has 3 unspecified atom stereocenters. The third kappa shape index (κ3) is 3.46. The van der Waals surface area contributed by atoms with E-state index in [4.69, 9.17) is 5.10 Å². The highest BCUT2D eigenvalue weighted by molar-refractivity contribution is 6.00. The van der Waals surface area contributed by atoms with Crippen LogP contribution in [0.25, 0.3) is 10.9 Å². The molecule has 2 amide bonds. The quantitative estimate of drug-likeness (QED) is 0.749. The molecule has 154 valence electrons. The van der Waals surface area contributed by atoms with Gasteiger partial charge in [0.15, 0.2) is 0 Å². The van der Waals surface area contributed by atoms with Crippen molar-refractivity contribution in [3.05, 3.63) is 29.5 Å². The van der Waals surface area contributed by atoms with Crippen LogP contribution in [0, 0.1) is 18.8 Å². The molecule has 2 aromatic rings. The van der Waals surface area contributed by atoms with E-state index < -0.39 is 6.04 Å². The summed E-state index contributed by atoms with van der Waals surface area (Å²) in [5, 5.41) is 11.8. The number of nitrogens with one attached hydrogen (secondary N) is 2. The Morgan fingerprint density at radius 3 is 2.72 bits per heavy atom. The number of benzene rings is 1. The fourth-order valence-corrected chi connectivity index (χ4v) is 5.45. The highest BCUT2D eigenvalue weighted by atomic mass is 16.2. The molecule has 0 spiro atoms. The van der Waals surface area contributed by atoms with Gasteiger partial charge in [0, 0.05) is 24.9 Å². The van der Waals surface area contributed by atoms with Crippen LogP contribution in [0.15, 0.2) is 18.2 Å². The fourth-order valence-electron chi connectivity index (χ4n) is 5.45. The molecule has 7 heteroatoms. The fraction of sp³-hybridized carbons (Fsp3) is 0.591. The number of likely N-dealkylation sites (tertiary alicyclic amines) is 1. The number of carbonyl (C=O) groups excluding carboxylic acids is 2. The number of nitrogens with zero attached hydrogens (tertiary/aromatic N) is 3. The number of hydrogen-bond acceptors (Lipinski definition) is 5. The molecule has 1 aromatic carbocycles. The number of fused-ring (bicyclic) bond motifs is 2. The number of piperidine rings is 1. The average Bonchev–Trinajstić information content (AvgIpc) is 3.36. The van der Waals surface area contributed by atoms with Crippen LogP contribution < -0.4 is 10.6 Å². The molecule has 0 saturated carbocycles. The first-order valence-electron chi connectivity index (χ1n) is 10.8. The molecular formula is C22H29N5O2. The van der Waals surface area contributed by atoms with Gasteiger partial charge in [-0.25, -0.2) is 0 Å². The van der Waals surface area contributed by atoms with Gasteiger partial charge in [-0.3, -0.25) is 19.6 Å². The molecule has 3 fully saturated rings. The number of imide groups is 1. The van der Waals surface area contributed by atoms with Gasteiger partial charge in [0.25, 0.3) is 5.91 Å². The second-order valence-corrected chi connectivity index (χ2v) is 8.85. The first-order valence-corrected chi connectivity index (χ1v) is 10.8. The summed E-state index contributed by atoms with van der Waals surface area (Å²) in [6.07, 6.45) is 3.03. The van der Waals surface area contributed by atoms with Crippen LogP contribution in [-0.2, 0) is 16.0 Å². The van der Waals surface area contributed by atoms with E-state index in [0.29, 0.717) is 12.8 Å². The Morgan fingerprint density at radius 1 is 1.17 bits per heavy atom. The van der Waals surface area contributed by atoms with Crippen LogP contribution >= 0.6 is 0 Å². The monoisotopic (exact) mass is 395 g/mol. The van der Waals surface area contributed by atoms with Crippen molar-refractivity contribution in [1.82, 2.24) is 25.3 Å². The Kier molecular flexibility index (Phi) is 4.87. The number of rotatable bonds is 5. The van der Waals surface area contributed by atoms with Crippen LogP contribution in [0.2, 0.25) is 0 Å². The Labute approximate surface area is 170 Å². The molecule has 4 heterocycles. The van der Waals surface area contributed by atoms with Crippen molar-refractivity contribution in [2.45, 2.75) is 38.6 Å². The van der Waals surface area contributed by atoms with E-state index in [1.807, 2.05) is 17.7 Å². The van der Waals surface area contributed by atoms with E-state index in [1.54, 1.807) is 0 Å². The Hall–Kier alpha value is -2.25. The van der Waals surface area contributed by atoms with Crippen LogP contribution in [0.5, 0.6) is 0 Å². The molecule has 29 heavy (non-hydrogen) atoms. The Bertz CT molecular complexity index is 940. The maximum Gasteiger partial charge on any atom is 0.251 e. The number of aromatic nitrogens is 2. The minimum Gasteiger partial charge on any atom is -0.316 e. The minimum atomic E-state index is -0.406.